The van der Waals surface area contributed by atoms with Crippen molar-refractivity contribution in [3.63, 3.8) is 0 Å². The van der Waals surface area contributed by atoms with Crippen LogP contribution in [0.3, 0.4) is 0 Å². The molecular formula is C21H14ClFN2. The van der Waals surface area contributed by atoms with Crippen LogP contribution in [0.5, 0.6) is 0 Å². The lowest BCUT2D eigenvalue weighted by Crippen LogP contribution is -1.96. The fraction of sp³-hybridized carbons (Fsp3) is 0.0476. The molecule has 0 N–H and O–H groups in total. The summed E-state index contributed by atoms with van der Waals surface area (Å²) in [6, 6.07) is 19.8. The van der Waals surface area contributed by atoms with Crippen molar-refractivity contribution in [3.8, 4) is 22.6 Å². The summed E-state index contributed by atoms with van der Waals surface area (Å²) in [7, 11) is 0. The molecule has 3 aromatic carbocycles. The summed E-state index contributed by atoms with van der Waals surface area (Å²) in [6.07, 6.45) is 0. The lowest BCUT2D eigenvalue weighted by atomic mass is 10.0. The van der Waals surface area contributed by atoms with E-state index in [0.717, 1.165) is 33.3 Å². The quantitative estimate of drug-likeness (QED) is 0.439. The number of halogens is 2. The third kappa shape index (κ3) is 2.99. The van der Waals surface area contributed by atoms with E-state index in [1.165, 1.54) is 12.1 Å². The van der Waals surface area contributed by atoms with E-state index >= 15 is 0 Å². The van der Waals surface area contributed by atoms with Gasteiger partial charge in [0.1, 0.15) is 5.82 Å². The van der Waals surface area contributed by atoms with E-state index in [1.807, 2.05) is 49.4 Å². The Labute approximate surface area is 150 Å². The maximum absolute atomic E-state index is 13.3. The SMILES string of the molecule is Cc1ccccc1-c1nc(-c2ccc(F)cc2)c2cc(Cl)ccc2n1. The molecule has 1 aromatic heterocycles. The average Bonchev–Trinajstić information content (AvgIpc) is 2.62. The van der Waals surface area contributed by atoms with Gasteiger partial charge >= 0.3 is 0 Å². The van der Waals surface area contributed by atoms with Gasteiger partial charge in [0.05, 0.1) is 11.2 Å². The first-order valence-electron chi connectivity index (χ1n) is 7.91. The minimum absolute atomic E-state index is 0.278. The number of fused-ring (bicyclic) bond motifs is 1. The molecule has 2 nitrogen and oxygen atoms in total. The molecule has 4 heteroatoms. The highest BCUT2D eigenvalue weighted by Gasteiger charge is 2.13. The van der Waals surface area contributed by atoms with Crippen molar-refractivity contribution in [2.24, 2.45) is 0 Å². The van der Waals surface area contributed by atoms with Gasteiger partial charge in [-0.1, -0.05) is 35.9 Å². The van der Waals surface area contributed by atoms with Gasteiger partial charge in [0, 0.05) is 21.5 Å². The number of hydrogen-bond donors (Lipinski definition) is 0. The predicted octanol–water partition coefficient (Wildman–Crippen LogP) is 6.06. The van der Waals surface area contributed by atoms with Gasteiger partial charge in [-0.2, -0.15) is 0 Å². The van der Waals surface area contributed by atoms with E-state index in [2.05, 4.69) is 0 Å². The summed E-state index contributed by atoms with van der Waals surface area (Å²) in [5, 5.41) is 1.46. The second kappa shape index (κ2) is 6.26. The number of benzene rings is 3. The second-order valence-electron chi connectivity index (χ2n) is 5.88. The molecule has 0 radical (unpaired) electrons. The van der Waals surface area contributed by atoms with Crippen LogP contribution in [0.1, 0.15) is 5.56 Å². The van der Waals surface area contributed by atoms with Gasteiger partial charge in [0.2, 0.25) is 0 Å². The fourth-order valence-electron chi connectivity index (χ4n) is 2.87. The first-order valence-corrected chi connectivity index (χ1v) is 8.29. The lowest BCUT2D eigenvalue weighted by molar-refractivity contribution is 0.628. The lowest BCUT2D eigenvalue weighted by Gasteiger charge is -2.11. The molecular weight excluding hydrogens is 335 g/mol. The first-order chi connectivity index (χ1) is 12.1. The Hall–Kier alpha value is -2.78. The molecule has 0 amide bonds. The van der Waals surface area contributed by atoms with Crippen molar-refractivity contribution in [1.29, 1.82) is 0 Å². The Bertz CT molecular complexity index is 1070. The molecule has 4 rings (SSSR count). The van der Waals surface area contributed by atoms with Crippen LogP contribution in [0.2, 0.25) is 5.02 Å². The van der Waals surface area contributed by atoms with Crippen molar-refractivity contribution in [2.75, 3.05) is 0 Å². The van der Waals surface area contributed by atoms with Gasteiger partial charge in [-0.05, 0) is 55.0 Å². The minimum atomic E-state index is -0.278. The zero-order valence-corrected chi connectivity index (χ0v) is 14.3. The predicted molar refractivity (Wildman–Crippen MR) is 100 cm³/mol. The smallest absolute Gasteiger partial charge is 0.160 e. The molecule has 0 aliphatic carbocycles. The maximum Gasteiger partial charge on any atom is 0.160 e. The van der Waals surface area contributed by atoms with Gasteiger partial charge in [-0.25, -0.2) is 14.4 Å². The number of nitrogens with zero attached hydrogens (tertiary/aromatic N) is 2. The van der Waals surface area contributed by atoms with Crippen LogP contribution >= 0.6 is 11.6 Å². The molecule has 122 valence electrons. The molecule has 25 heavy (non-hydrogen) atoms. The highest BCUT2D eigenvalue weighted by Crippen LogP contribution is 2.31. The van der Waals surface area contributed by atoms with Crippen LogP contribution in [0.15, 0.2) is 66.7 Å². The molecule has 4 aromatic rings. The van der Waals surface area contributed by atoms with E-state index in [0.29, 0.717) is 10.8 Å². The van der Waals surface area contributed by atoms with Gasteiger partial charge in [0.15, 0.2) is 5.82 Å². The van der Waals surface area contributed by atoms with Crippen molar-refractivity contribution in [2.45, 2.75) is 6.92 Å². The minimum Gasteiger partial charge on any atom is -0.228 e. The molecule has 0 bridgehead atoms. The highest BCUT2D eigenvalue weighted by molar-refractivity contribution is 6.31. The number of hydrogen-bond acceptors (Lipinski definition) is 2. The highest BCUT2D eigenvalue weighted by atomic mass is 35.5. The molecule has 0 saturated carbocycles. The zero-order valence-electron chi connectivity index (χ0n) is 13.5. The molecule has 0 aliphatic heterocycles. The Morgan fingerprint density at radius 3 is 2.40 bits per heavy atom. The molecule has 0 aliphatic rings. The zero-order chi connectivity index (χ0) is 17.4. The normalized spacial score (nSPS) is 11.0. The van der Waals surface area contributed by atoms with Gasteiger partial charge in [-0.3, -0.25) is 0 Å². The Morgan fingerprint density at radius 1 is 0.880 bits per heavy atom. The molecule has 1 heterocycles. The average molecular weight is 349 g/mol. The van der Waals surface area contributed by atoms with Crippen molar-refractivity contribution < 1.29 is 4.39 Å². The summed E-state index contributed by atoms with van der Waals surface area (Å²) in [4.78, 5) is 9.49. The molecule has 0 saturated heterocycles. The summed E-state index contributed by atoms with van der Waals surface area (Å²) < 4.78 is 13.3. The van der Waals surface area contributed by atoms with Crippen LogP contribution in [0, 0.1) is 12.7 Å². The van der Waals surface area contributed by atoms with Crippen LogP contribution in [0.4, 0.5) is 4.39 Å². The Kier molecular flexibility index (Phi) is 3.94. The van der Waals surface area contributed by atoms with Gasteiger partial charge < -0.3 is 0 Å². The second-order valence-corrected chi connectivity index (χ2v) is 6.32. The van der Waals surface area contributed by atoms with Crippen molar-refractivity contribution >= 4 is 22.5 Å². The van der Waals surface area contributed by atoms with E-state index in [4.69, 9.17) is 21.6 Å². The van der Waals surface area contributed by atoms with E-state index in [-0.39, 0.29) is 5.82 Å². The number of aryl methyl sites for hydroxylation is 1. The standard InChI is InChI=1S/C21H14ClFN2/c1-13-4-2-3-5-17(13)21-24-19-11-8-15(22)12-18(19)20(25-21)14-6-9-16(23)10-7-14/h2-12H,1H3. The first kappa shape index (κ1) is 15.7. The molecule has 0 atom stereocenters. The molecule has 0 spiro atoms. The summed E-state index contributed by atoms with van der Waals surface area (Å²) in [5.41, 5.74) is 4.44. The van der Waals surface area contributed by atoms with Crippen molar-refractivity contribution in [1.82, 2.24) is 9.97 Å². The van der Waals surface area contributed by atoms with Crippen molar-refractivity contribution in [3.05, 3.63) is 83.1 Å². The van der Waals surface area contributed by atoms with Crippen LogP contribution < -0.4 is 0 Å². The Morgan fingerprint density at radius 2 is 1.64 bits per heavy atom. The molecule has 0 unspecified atom stereocenters. The number of rotatable bonds is 2. The van der Waals surface area contributed by atoms with Crippen LogP contribution in [-0.2, 0) is 0 Å². The Balaban J connectivity index is 2.03. The molecule has 0 fully saturated rings. The fourth-order valence-corrected chi connectivity index (χ4v) is 3.04. The summed E-state index contributed by atoms with van der Waals surface area (Å²) in [5.74, 6) is 0.367. The number of aromatic nitrogens is 2. The topological polar surface area (TPSA) is 25.8 Å². The largest absolute Gasteiger partial charge is 0.228 e. The van der Waals surface area contributed by atoms with E-state index in [9.17, 15) is 4.39 Å². The third-order valence-corrected chi connectivity index (χ3v) is 4.40. The summed E-state index contributed by atoms with van der Waals surface area (Å²) in [6.45, 7) is 2.03. The maximum atomic E-state index is 13.3. The van der Waals surface area contributed by atoms with E-state index in [1.54, 1.807) is 12.1 Å². The monoisotopic (exact) mass is 348 g/mol. The van der Waals surface area contributed by atoms with Gasteiger partial charge in [0.25, 0.3) is 0 Å². The van der Waals surface area contributed by atoms with Crippen LogP contribution in [-0.4, -0.2) is 9.97 Å². The summed E-state index contributed by atoms with van der Waals surface area (Å²) >= 11 is 6.17. The third-order valence-electron chi connectivity index (χ3n) is 4.16. The van der Waals surface area contributed by atoms with E-state index < -0.39 is 0 Å². The van der Waals surface area contributed by atoms with Crippen LogP contribution in [0.25, 0.3) is 33.5 Å². The van der Waals surface area contributed by atoms with Gasteiger partial charge in [-0.15, -0.1) is 0 Å².